The van der Waals surface area contributed by atoms with E-state index >= 15 is 0 Å². The first kappa shape index (κ1) is 12.9. The number of methoxy groups -OCH3 is 1. The summed E-state index contributed by atoms with van der Waals surface area (Å²) in [5.74, 6) is 0. The van der Waals surface area contributed by atoms with Crippen LogP contribution in [0.2, 0.25) is 0 Å². The highest BCUT2D eigenvalue weighted by Crippen LogP contribution is 2.27. The number of nitrogens with one attached hydrogen (secondary N) is 1. The number of ether oxygens (including phenoxy) is 1. The minimum atomic E-state index is 0.853. The molecule has 0 atom stereocenters. The monoisotopic (exact) mass is 252 g/mol. The van der Waals surface area contributed by atoms with Gasteiger partial charge in [-0.25, -0.2) is 0 Å². The molecule has 2 rings (SSSR count). The van der Waals surface area contributed by atoms with Crippen molar-refractivity contribution in [3.63, 3.8) is 0 Å². The maximum absolute atomic E-state index is 5.11. The molecule has 0 radical (unpaired) electrons. The van der Waals surface area contributed by atoms with Gasteiger partial charge >= 0.3 is 0 Å². The van der Waals surface area contributed by atoms with Crippen LogP contribution in [0, 0.1) is 0 Å². The van der Waals surface area contributed by atoms with Gasteiger partial charge in [-0.15, -0.1) is 0 Å². The first-order valence-electron chi connectivity index (χ1n) is 5.98. The molecule has 0 unspecified atom stereocenters. The third-order valence-corrected chi connectivity index (χ3v) is 2.66. The van der Waals surface area contributed by atoms with Crippen molar-refractivity contribution in [3.8, 4) is 11.1 Å². The topological polar surface area (TPSA) is 37.9 Å². The highest BCUT2D eigenvalue weighted by atomic mass is 16.5. The zero-order valence-electron chi connectivity index (χ0n) is 10.8. The molecule has 19 heavy (non-hydrogen) atoms. The molecule has 96 valence electrons. The molecule has 0 saturated heterocycles. The highest BCUT2D eigenvalue weighted by Gasteiger charge is 2.10. The number of rotatable bonds is 5. The fraction of sp³-hybridized carbons (Fsp3) is 0.0625. The first-order valence-corrected chi connectivity index (χ1v) is 5.98. The van der Waals surface area contributed by atoms with Gasteiger partial charge in [-0.1, -0.05) is 49.1 Å². The Balaban J connectivity index is 2.46. The fourth-order valence-corrected chi connectivity index (χ4v) is 1.82. The summed E-state index contributed by atoms with van der Waals surface area (Å²) >= 11 is 0. The van der Waals surface area contributed by atoms with Crippen LogP contribution in [0.5, 0.6) is 0 Å². The van der Waals surface area contributed by atoms with Crippen molar-refractivity contribution in [1.29, 1.82) is 0 Å². The van der Waals surface area contributed by atoms with Crippen LogP contribution in [0.15, 0.2) is 67.6 Å². The predicted octanol–water partition coefficient (Wildman–Crippen LogP) is 3.81. The van der Waals surface area contributed by atoms with Gasteiger partial charge in [0.25, 0.3) is 0 Å². The molecule has 0 amide bonds. The number of aromatic amines is 1. The van der Waals surface area contributed by atoms with Crippen molar-refractivity contribution in [1.82, 2.24) is 10.2 Å². The molecule has 0 fully saturated rings. The second-order valence-corrected chi connectivity index (χ2v) is 3.92. The quantitative estimate of drug-likeness (QED) is 0.649. The Hall–Kier alpha value is -2.55. The average Bonchev–Trinajstić information content (AvgIpc) is 2.93. The molecule has 0 bridgehead atoms. The summed E-state index contributed by atoms with van der Waals surface area (Å²) in [6, 6.07) is 10.1. The van der Waals surface area contributed by atoms with E-state index in [0.717, 1.165) is 22.4 Å². The molecular formula is C16H16N2O. The van der Waals surface area contributed by atoms with Crippen molar-refractivity contribution in [3.05, 3.63) is 73.3 Å². The van der Waals surface area contributed by atoms with E-state index in [-0.39, 0.29) is 0 Å². The normalized spacial score (nSPS) is 11.7. The Morgan fingerprint density at radius 3 is 2.79 bits per heavy atom. The summed E-state index contributed by atoms with van der Waals surface area (Å²) in [4.78, 5) is 0. The van der Waals surface area contributed by atoms with Crippen molar-refractivity contribution in [2.45, 2.75) is 0 Å². The maximum Gasteiger partial charge on any atom is 0.103 e. The Kier molecular flexibility index (Phi) is 4.34. The van der Waals surface area contributed by atoms with Gasteiger partial charge < -0.3 is 4.74 Å². The number of allylic oxidation sites excluding steroid dienone is 4. The largest absolute Gasteiger partial charge is 0.504 e. The molecule has 0 aliphatic heterocycles. The average molecular weight is 252 g/mol. The summed E-state index contributed by atoms with van der Waals surface area (Å²) in [6.07, 6.45) is 9.05. The van der Waals surface area contributed by atoms with E-state index in [9.17, 15) is 0 Å². The van der Waals surface area contributed by atoms with Crippen LogP contribution in [-0.2, 0) is 4.74 Å². The summed E-state index contributed by atoms with van der Waals surface area (Å²) in [5.41, 5.74) is 3.89. The van der Waals surface area contributed by atoms with E-state index in [1.165, 1.54) is 0 Å². The van der Waals surface area contributed by atoms with E-state index in [4.69, 9.17) is 4.74 Å². The van der Waals surface area contributed by atoms with Gasteiger partial charge in [-0.2, -0.15) is 5.10 Å². The molecule has 2 aromatic rings. The lowest BCUT2D eigenvalue weighted by molar-refractivity contribution is 0.340. The zero-order valence-corrected chi connectivity index (χ0v) is 10.8. The first-order chi connectivity index (χ1) is 9.36. The third kappa shape index (κ3) is 3.01. The second kappa shape index (κ2) is 6.40. The van der Waals surface area contributed by atoms with Crippen molar-refractivity contribution < 1.29 is 4.74 Å². The van der Waals surface area contributed by atoms with Crippen LogP contribution in [0.1, 0.15) is 5.69 Å². The van der Waals surface area contributed by atoms with Crippen LogP contribution in [0.25, 0.3) is 16.7 Å². The zero-order chi connectivity index (χ0) is 13.5. The Bertz CT molecular complexity index is 594. The smallest absolute Gasteiger partial charge is 0.103 e. The number of hydrogen-bond donors (Lipinski definition) is 1. The second-order valence-electron chi connectivity index (χ2n) is 3.92. The number of hydrogen-bond acceptors (Lipinski definition) is 2. The molecule has 1 N–H and O–H groups in total. The van der Waals surface area contributed by atoms with Crippen LogP contribution in [-0.4, -0.2) is 17.3 Å². The molecule has 3 nitrogen and oxygen atoms in total. The molecular weight excluding hydrogens is 236 g/mol. The predicted molar refractivity (Wildman–Crippen MR) is 78.3 cm³/mol. The third-order valence-electron chi connectivity index (χ3n) is 2.66. The summed E-state index contributed by atoms with van der Waals surface area (Å²) in [6.45, 7) is 3.67. The van der Waals surface area contributed by atoms with E-state index in [1.54, 1.807) is 19.4 Å². The van der Waals surface area contributed by atoms with Crippen LogP contribution in [0.4, 0.5) is 0 Å². The van der Waals surface area contributed by atoms with Gasteiger partial charge in [0.05, 0.1) is 13.4 Å². The van der Waals surface area contributed by atoms with Crippen LogP contribution in [0.3, 0.4) is 0 Å². The van der Waals surface area contributed by atoms with E-state index in [2.05, 4.69) is 28.9 Å². The molecule has 1 heterocycles. The van der Waals surface area contributed by atoms with Crippen LogP contribution >= 0.6 is 0 Å². The number of nitrogens with zero attached hydrogens (tertiary/aromatic N) is 1. The lowest BCUT2D eigenvalue weighted by Gasteiger charge is -2.03. The number of benzene rings is 1. The molecule has 0 aliphatic carbocycles. The lowest BCUT2D eigenvalue weighted by Crippen LogP contribution is -1.87. The number of H-pyrrole nitrogens is 1. The summed E-state index contributed by atoms with van der Waals surface area (Å²) < 4.78 is 5.11. The SMILES string of the molecule is C=C/C=C\C(=C/OC)c1n[nH]cc1-c1ccccc1. The molecule has 1 aromatic heterocycles. The van der Waals surface area contributed by atoms with Crippen molar-refractivity contribution in [2.75, 3.05) is 7.11 Å². The van der Waals surface area contributed by atoms with Gasteiger partial charge in [0, 0.05) is 17.3 Å². The minimum Gasteiger partial charge on any atom is -0.504 e. The van der Waals surface area contributed by atoms with Gasteiger partial charge in [-0.05, 0) is 11.6 Å². The Morgan fingerprint density at radius 2 is 2.11 bits per heavy atom. The van der Waals surface area contributed by atoms with Gasteiger partial charge in [0.15, 0.2) is 0 Å². The lowest BCUT2D eigenvalue weighted by atomic mass is 10.0. The molecule has 0 saturated carbocycles. The van der Waals surface area contributed by atoms with E-state index in [1.807, 2.05) is 36.5 Å². The molecule has 0 aliphatic rings. The highest BCUT2D eigenvalue weighted by molar-refractivity contribution is 5.82. The minimum absolute atomic E-state index is 0.853. The Labute approximate surface area is 112 Å². The van der Waals surface area contributed by atoms with Crippen LogP contribution < -0.4 is 0 Å². The molecule has 0 spiro atoms. The van der Waals surface area contributed by atoms with Crippen molar-refractivity contribution >= 4 is 5.57 Å². The van der Waals surface area contributed by atoms with Crippen molar-refractivity contribution in [2.24, 2.45) is 0 Å². The fourth-order valence-electron chi connectivity index (χ4n) is 1.82. The number of aromatic nitrogens is 2. The van der Waals surface area contributed by atoms with E-state index < -0.39 is 0 Å². The summed E-state index contributed by atoms with van der Waals surface area (Å²) in [5, 5.41) is 7.21. The van der Waals surface area contributed by atoms with Gasteiger partial charge in [0.2, 0.25) is 0 Å². The Morgan fingerprint density at radius 1 is 1.32 bits per heavy atom. The molecule has 3 heteroatoms. The van der Waals surface area contributed by atoms with Gasteiger partial charge in [0.1, 0.15) is 5.69 Å². The van der Waals surface area contributed by atoms with Gasteiger partial charge in [-0.3, -0.25) is 5.10 Å². The summed E-state index contributed by atoms with van der Waals surface area (Å²) in [7, 11) is 1.62. The van der Waals surface area contributed by atoms with E-state index in [0.29, 0.717) is 0 Å². The maximum atomic E-state index is 5.11. The molecule has 1 aromatic carbocycles. The standard InChI is InChI=1S/C16H16N2O/c1-3-4-8-14(12-19-2)16-15(11-17-18-16)13-9-6-5-7-10-13/h3-12H,1H2,2H3,(H,17,18)/b8-4-,14-12+.